The maximum absolute atomic E-state index is 7.21. The summed E-state index contributed by atoms with van der Waals surface area (Å²) in [5.74, 6) is 9.59. The molecule has 2 aromatic heterocycles. The molecule has 0 aliphatic rings. The number of H-pyrrole nitrogens is 1. The topological polar surface area (TPSA) is 20.7 Å². The number of aromatic nitrogens is 2. The molecule has 0 saturated carbocycles. The van der Waals surface area contributed by atoms with Crippen LogP contribution in [-0.4, -0.2) is 34.2 Å². The van der Waals surface area contributed by atoms with E-state index in [9.17, 15) is 0 Å². The molecular formula is C89H76Au4N2P4+4. The van der Waals surface area contributed by atoms with Crippen LogP contribution in [0, 0.1) is 49.4 Å². The summed E-state index contributed by atoms with van der Waals surface area (Å²) in [6.45, 7) is 0. The molecule has 0 spiro atoms. The first kappa shape index (κ1) is 79.5. The Kier molecular flexibility index (Phi) is 33.6. The smallest absolute Gasteiger partial charge is 0.366 e. The van der Waals surface area contributed by atoms with Crippen molar-refractivity contribution in [2.45, 2.75) is 25.7 Å². The van der Waals surface area contributed by atoms with Crippen molar-refractivity contribution in [3.63, 3.8) is 0 Å². The summed E-state index contributed by atoms with van der Waals surface area (Å²) in [6, 6.07) is 112. The van der Waals surface area contributed by atoms with Crippen LogP contribution in [0.4, 0.5) is 0 Å². The number of benzene rings is 12. The first-order chi connectivity index (χ1) is 46.9. The number of nitrogens with one attached hydrogen (secondary N) is 1. The van der Waals surface area contributed by atoms with E-state index >= 15 is 0 Å². The van der Waals surface area contributed by atoms with Gasteiger partial charge in [-0.25, -0.2) is 0 Å². The van der Waals surface area contributed by atoms with Gasteiger partial charge in [-0.15, -0.1) is 70.8 Å². The molecular weight excluding hydrogens is 2010 g/mol. The summed E-state index contributed by atoms with van der Waals surface area (Å²) in [5.41, 5.74) is 7.32. The summed E-state index contributed by atoms with van der Waals surface area (Å²) >= 11 is 0. The quantitative estimate of drug-likeness (QED) is 0.0291. The van der Waals surface area contributed by atoms with Gasteiger partial charge in [0.1, 0.15) is 0 Å². The number of hydrogen-bond donors (Lipinski definition) is 1. The molecule has 0 saturated heterocycles. The number of unbranched alkanes of at least 4 members (excludes halogenated alkanes) is 2. The number of aromatic amines is 1. The van der Waals surface area contributed by atoms with Crippen LogP contribution in [0.15, 0.2) is 315 Å². The Balaban J connectivity index is 0.000000188. The Morgan fingerprint density at radius 1 is 0.263 bits per heavy atom. The van der Waals surface area contributed by atoms with Gasteiger partial charge in [-0.2, -0.15) is 0 Å². The van der Waals surface area contributed by atoms with E-state index in [4.69, 9.17) is 25.7 Å². The molecule has 0 fully saturated rings. The molecule has 10 heteroatoms. The van der Waals surface area contributed by atoms with E-state index in [-0.39, 0.29) is 89.5 Å². The molecule has 14 rings (SSSR count). The summed E-state index contributed by atoms with van der Waals surface area (Å²) in [5, 5.41) is 16.5. The molecule has 2 heterocycles. The number of rotatable bonds is 18. The van der Waals surface area contributed by atoms with Crippen LogP contribution in [0.2, 0.25) is 0 Å². The number of nitrogens with zero attached hydrogens (tertiary/aromatic N) is 1. The minimum Gasteiger partial charge on any atom is -0.366 e. The van der Waals surface area contributed by atoms with Gasteiger partial charge in [-0.05, 0) is 144 Å². The van der Waals surface area contributed by atoms with Crippen molar-refractivity contribution in [1.29, 1.82) is 0 Å². The SMILES string of the molecule is [Au+].[Au+].[Au+].[Au+].[C-]#Cc1ccc2[nH]c3ccc(C#[C-])cc3c2c1.[C-]#Cc1ccc2c(c1)c1cc(C#[C-])ccc1n2C.c1ccc([PH+](CCCC[PH+](c2ccccc2)c2ccccc2)c2ccccc2)cc1.c1ccc([PH+](CCCC[PH+](c2ccccc2)c2ccccc2)c2ccccc2)cc1. The Hall–Kier alpha value is -6.84. The third-order valence-corrected chi connectivity index (χ3v) is 29.0. The van der Waals surface area contributed by atoms with E-state index < -0.39 is 31.7 Å². The van der Waals surface area contributed by atoms with Crippen molar-refractivity contribution >= 4 is 118 Å². The number of aryl methyl sites for hydroxylation is 1. The van der Waals surface area contributed by atoms with Crippen molar-refractivity contribution in [3.8, 4) is 23.7 Å². The zero-order valence-electron chi connectivity index (χ0n) is 54.8. The van der Waals surface area contributed by atoms with Gasteiger partial charge in [0.25, 0.3) is 0 Å². The fourth-order valence-electron chi connectivity index (χ4n) is 12.6. The Labute approximate surface area is 654 Å². The third kappa shape index (κ3) is 21.6. The normalized spacial score (nSPS) is 10.4. The minimum atomic E-state index is -0.714. The van der Waals surface area contributed by atoms with E-state index in [2.05, 4.69) is 276 Å². The molecule has 0 bridgehead atoms. The molecule has 0 aliphatic carbocycles. The summed E-state index contributed by atoms with van der Waals surface area (Å²) < 4.78 is 2.12. The minimum absolute atomic E-state index is 0. The predicted octanol–water partition coefficient (Wildman–Crippen LogP) is 17.4. The fourth-order valence-corrected chi connectivity index (χ4v) is 23.4. The second-order valence-corrected chi connectivity index (χ2v) is 33.9. The van der Waals surface area contributed by atoms with Crippen LogP contribution in [0.25, 0.3) is 43.6 Å². The van der Waals surface area contributed by atoms with Crippen molar-refractivity contribution in [1.82, 2.24) is 9.55 Å². The largest absolute Gasteiger partial charge is 1.00 e. The van der Waals surface area contributed by atoms with Crippen LogP contribution in [0.5, 0.6) is 0 Å². The average molecular weight is 2090 g/mol. The molecule has 0 radical (unpaired) electrons. The maximum Gasteiger partial charge on any atom is 1.00 e. The Morgan fingerprint density at radius 3 is 0.657 bits per heavy atom. The van der Waals surface area contributed by atoms with Gasteiger partial charge >= 0.3 is 89.5 Å². The monoisotopic (exact) mass is 2080 g/mol. The van der Waals surface area contributed by atoms with Crippen LogP contribution in [0.3, 0.4) is 0 Å². The van der Waals surface area contributed by atoms with Gasteiger partial charge in [0, 0.05) is 29.1 Å². The molecule has 14 aromatic rings. The second kappa shape index (κ2) is 41.8. The molecule has 0 aliphatic heterocycles. The van der Waals surface area contributed by atoms with Crippen molar-refractivity contribution in [2.24, 2.45) is 7.05 Å². The molecule has 502 valence electrons. The fraction of sp³-hybridized carbons (Fsp3) is 0.101. The molecule has 0 unspecified atom stereocenters. The van der Waals surface area contributed by atoms with E-state index in [0.717, 1.165) is 65.9 Å². The van der Waals surface area contributed by atoms with Gasteiger partial charge < -0.3 is 35.2 Å². The predicted molar refractivity (Wildman–Crippen MR) is 421 cm³/mol. The van der Waals surface area contributed by atoms with Gasteiger partial charge in [0.2, 0.25) is 0 Å². The summed E-state index contributed by atoms with van der Waals surface area (Å²) in [6.07, 6.45) is 39.1. The molecule has 2 nitrogen and oxygen atoms in total. The Morgan fingerprint density at radius 2 is 0.455 bits per heavy atom. The van der Waals surface area contributed by atoms with Crippen LogP contribution >= 0.6 is 31.7 Å². The maximum atomic E-state index is 7.21. The Bertz CT molecular complexity index is 4280. The molecule has 1 N–H and O–H groups in total. The van der Waals surface area contributed by atoms with Crippen molar-refractivity contribution < 1.29 is 89.5 Å². The van der Waals surface area contributed by atoms with Crippen LogP contribution in [0.1, 0.15) is 47.9 Å². The molecule has 0 amide bonds. The zero-order valence-corrected chi connectivity index (χ0v) is 67.5. The standard InChI is InChI=1S/2C28H28P2.C17H9N.C16H7N.4Au/c2*1-5-15-25(16-6-1)29(26-17-7-2-8-18-26)23-13-14-24-30(27-19-9-3-10-20-27)28-21-11-4-12-22-28;1-4-12-6-8-16-14(10-12)15-11-13(5-2)7-9-17(15)18(16)3;1-3-11-5-7-15-13(9-11)14-10-12(4-2)6-8-16(14)17-15;;;;/h2*1-12,15-22H,13-14,23-24H2;6-11H,3H3;5-10,17H;;;;/q;;2*-2;4*+1/p+4. The van der Waals surface area contributed by atoms with Gasteiger partial charge in [0.15, 0.2) is 0 Å². The average Bonchev–Trinajstić information content (AvgIpc) is 1.62. The molecule has 12 aromatic carbocycles. The number of fused-ring (bicyclic) bond motifs is 6. The van der Waals surface area contributed by atoms with E-state index in [1.165, 1.54) is 92.8 Å². The first-order valence-electron chi connectivity index (χ1n) is 32.5. The second-order valence-electron chi connectivity index (χ2n) is 23.4. The van der Waals surface area contributed by atoms with Crippen molar-refractivity contribution in [2.75, 3.05) is 24.6 Å². The summed E-state index contributed by atoms with van der Waals surface area (Å²) in [7, 11) is -0.837. The summed E-state index contributed by atoms with van der Waals surface area (Å²) in [4.78, 5) is 3.30. The van der Waals surface area contributed by atoms with E-state index in [1.54, 1.807) is 0 Å². The number of hydrogen-bond acceptors (Lipinski definition) is 0. The van der Waals surface area contributed by atoms with Gasteiger partial charge in [-0.3, -0.25) is 23.7 Å². The van der Waals surface area contributed by atoms with Crippen molar-refractivity contribution in [3.05, 3.63) is 363 Å². The third-order valence-electron chi connectivity index (χ3n) is 17.4. The van der Waals surface area contributed by atoms with Crippen LogP contribution < -0.4 is 42.4 Å². The van der Waals surface area contributed by atoms with Gasteiger partial charge in [-0.1, -0.05) is 170 Å². The zero-order chi connectivity index (χ0) is 65.4. The first-order valence-corrected chi connectivity index (χ1v) is 39.4. The van der Waals surface area contributed by atoms with Gasteiger partial charge in [0.05, 0.1) is 98.8 Å². The van der Waals surface area contributed by atoms with Crippen LogP contribution in [-0.2, 0) is 96.6 Å². The molecule has 99 heavy (non-hydrogen) atoms. The van der Waals surface area contributed by atoms with E-state index in [1.807, 2.05) is 79.8 Å². The van der Waals surface area contributed by atoms with E-state index in [0.29, 0.717) is 0 Å². The molecule has 0 atom stereocenters.